The summed E-state index contributed by atoms with van der Waals surface area (Å²) < 4.78 is 5.97. The molecule has 0 spiro atoms. The fraction of sp³-hybridized carbons (Fsp3) is 0.357. The number of ether oxygens (including phenoxy) is 1. The normalized spacial score (nSPS) is 16.7. The van der Waals surface area contributed by atoms with Crippen molar-refractivity contribution >= 4 is 11.3 Å². The maximum Gasteiger partial charge on any atom is 0.123 e. The second-order valence-corrected chi connectivity index (χ2v) is 5.32. The molecule has 0 saturated carbocycles. The van der Waals surface area contributed by atoms with Crippen LogP contribution in [-0.2, 0) is 0 Å². The minimum absolute atomic E-state index is 0.358. The molecule has 1 fully saturated rings. The van der Waals surface area contributed by atoms with Crippen LogP contribution in [-0.4, -0.2) is 24.2 Å². The van der Waals surface area contributed by atoms with Gasteiger partial charge in [0, 0.05) is 17.1 Å². The zero-order valence-electron chi connectivity index (χ0n) is 10.1. The monoisotopic (exact) mass is 260 g/mol. The van der Waals surface area contributed by atoms with E-state index in [2.05, 4.69) is 22.4 Å². The topological polar surface area (TPSA) is 34.1 Å². The molecule has 1 aromatic carbocycles. The van der Waals surface area contributed by atoms with Crippen molar-refractivity contribution in [1.29, 1.82) is 0 Å². The Morgan fingerprint density at radius 2 is 1.94 bits per heavy atom. The van der Waals surface area contributed by atoms with Gasteiger partial charge in [-0.05, 0) is 50.2 Å². The highest BCUT2D eigenvalue weighted by molar-refractivity contribution is 7.13. The molecule has 2 heterocycles. The third-order valence-corrected chi connectivity index (χ3v) is 3.94. The Kier molecular flexibility index (Phi) is 3.57. The molecule has 0 radical (unpaired) electrons. The highest BCUT2D eigenvalue weighted by Crippen LogP contribution is 2.25. The third-order valence-electron chi connectivity index (χ3n) is 3.12. The fourth-order valence-corrected chi connectivity index (χ4v) is 2.79. The van der Waals surface area contributed by atoms with Gasteiger partial charge in [-0.2, -0.15) is 0 Å². The van der Waals surface area contributed by atoms with Gasteiger partial charge in [0.2, 0.25) is 0 Å². The second-order valence-electron chi connectivity index (χ2n) is 4.43. The van der Waals surface area contributed by atoms with E-state index < -0.39 is 0 Å². The number of thiazole rings is 1. The number of hydrogen-bond donors (Lipinski definition) is 1. The first-order chi connectivity index (χ1) is 8.92. The molecule has 18 heavy (non-hydrogen) atoms. The highest BCUT2D eigenvalue weighted by Gasteiger charge is 2.14. The molecule has 1 saturated heterocycles. The van der Waals surface area contributed by atoms with Crippen LogP contribution >= 0.6 is 11.3 Å². The third kappa shape index (κ3) is 2.71. The van der Waals surface area contributed by atoms with Crippen LogP contribution in [0.5, 0.6) is 5.75 Å². The number of nitrogens with one attached hydrogen (secondary N) is 1. The Balaban J connectivity index is 1.67. The van der Waals surface area contributed by atoms with Crippen molar-refractivity contribution in [3.05, 3.63) is 35.8 Å². The Labute approximate surface area is 111 Å². The van der Waals surface area contributed by atoms with Crippen molar-refractivity contribution in [3.63, 3.8) is 0 Å². The van der Waals surface area contributed by atoms with Gasteiger partial charge in [0.15, 0.2) is 0 Å². The lowest BCUT2D eigenvalue weighted by Crippen LogP contribution is -2.34. The Hall–Kier alpha value is -1.39. The Bertz CT molecular complexity index is 475. The molecule has 94 valence electrons. The van der Waals surface area contributed by atoms with E-state index in [0.29, 0.717) is 6.10 Å². The molecular formula is C14H16N2OS. The molecule has 0 bridgehead atoms. The smallest absolute Gasteiger partial charge is 0.123 e. The van der Waals surface area contributed by atoms with Crippen LogP contribution in [0.1, 0.15) is 12.8 Å². The predicted octanol–water partition coefficient (Wildman–Crippen LogP) is 2.94. The first kappa shape index (κ1) is 11.7. The van der Waals surface area contributed by atoms with Crippen molar-refractivity contribution in [2.45, 2.75) is 18.9 Å². The molecule has 2 aromatic rings. The van der Waals surface area contributed by atoms with Gasteiger partial charge in [-0.25, -0.2) is 4.98 Å². The standard InChI is InChI=1S/C14H16N2OS/c1-3-12(17-13-5-7-15-8-6-13)4-2-11(1)14-16-9-10-18-14/h1-4,9-10,13,15H,5-8H2. The van der Waals surface area contributed by atoms with Crippen LogP contribution < -0.4 is 10.1 Å². The van der Waals surface area contributed by atoms with Gasteiger partial charge in [-0.3, -0.25) is 0 Å². The molecule has 0 unspecified atom stereocenters. The van der Waals surface area contributed by atoms with E-state index in [0.717, 1.165) is 42.3 Å². The van der Waals surface area contributed by atoms with Gasteiger partial charge < -0.3 is 10.1 Å². The summed E-state index contributed by atoms with van der Waals surface area (Å²) in [5.74, 6) is 0.960. The summed E-state index contributed by atoms with van der Waals surface area (Å²) in [6.45, 7) is 2.11. The number of rotatable bonds is 3. The van der Waals surface area contributed by atoms with Crippen molar-refractivity contribution in [2.24, 2.45) is 0 Å². The molecule has 1 aromatic heterocycles. The van der Waals surface area contributed by atoms with E-state index in [4.69, 9.17) is 4.74 Å². The SMILES string of the molecule is c1csc(-c2ccc(OC3CCNCC3)cc2)n1. The van der Waals surface area contributed by atoms with Gasteiger partial charge in [-0.15, -0.1) is 11.3 Å². The molecule has 1 N–H and O–H groups in total. The average Bonchev–Trinajstić information content (AvgIpc) is 2.95. The number of piperidine rings is 1. The lowest BCUT2D eigenvalue weighted by molar-refractivity contribution is 0.162. The predicted molar refractivity (Wildman–Crippen MR) is 74.1 cm³/mol. The van der Waals surface area contributed by atoms with E-state index in [-0.39, 0.29) is 0 Å². The maximum atomic E-state index is 5.97. The van der Waals surface area contributed by atoms with E-state index in [1.165, 1.54) is 0 Å². The van der Waals surface area contributed by atoms with Gasteiger partial charge in [0.05, 0.1) is 0 Å². The van der Waals surface area contributed by atoms with Crippen molar-refractivity contribution < 1.29 is 4.74 Å². The first-order valence-electron chi connectivity index (χ1n) is 6.29. The van der Waals surface area contributed by atoms with E-state index in [9.17, 15) is 0 Å². The van der Waals surface area contributed by atoms with E-state index in [1.54, 1.807) is 11.3 Å². The van der Waals surface area contributed by atoms with Crippen LogP contribution in [0.25, 0.3) is 10.6 Å². The van der Waals surface area contributed by atoms with Crippen LogP contribution in [0.3, 0.4) is 0 Å². The second kappa shape index (κ2) is 5.50. The van der Waals surface area contributed by atoms with Crippen molar-refractivity contribution in [3.8, 4) is 16.3 Å². The molecule has 1 aliphatic heterocycles. The summed E-state index contributed by atoms with van der Waals surface area (Å²) in [6, 6.07) is 8.24. The van der Waals surface area contributed by atoms with E-state index in [1.807, 2.05) is 23.7 Å². The highest BCUT2D eigenvalue weighted by atomic mass is 32.1. The first-order valence-corrected chi connectivity index (χ1v) is 7.17. The zero-order chi connectivity index (χ0) is 12.2. The molecule has 3 rings (SSSR count). The number of benzene rings is 1. The molecule has 0 atom stereocenters. The summed E-state index contributed by atoms with van der Waals surface area (Å²) >= 11 is 1.66. The number of nitrogens with zero attached hydrogens (tertiary/aromatic N) is 1. The summed E-state index contributed by atoms with van der Waals surface area (Å²) in [5.41, 5.74) is 1.16. The fourth-order valence-electron chi connectivity index (χ4n) is 2.15. The largest absolute Gasteiger partial charge is 0.490 e. The van der Waals surface area contributed by atoms with Crippen LogP contribution in [0, 0.1) is 0 Å². The average molecular weight is 260 g/mol. The number of aromatic nitrogens is 1. The van der Waals surface area contributed by atoms with Crippen molar-refractivity contribution in [2.75, 3.05) is 13.1 Å². The molecule has 1 aliphatic rings. The number of hydrogen-bond acceptors (Lipinski definition) is 4. The summed E-state index contributed by atoms with van der Waals surface area (Å²) in [5, 5.41) is 6.39. The minimum Gasteiger partial charge on any atom is -0.490 e. The van der Waals surface area contributed by atoms with Gasteiger partial charge in [0.25, 0.3) is 0 Å². The lowest BCUT2D eigenvalue weighted by atomic mass is 10.1. The molecule has 0 amide bonds. The summed E-state index contributed by atoms with van der Waals surface area (Å²) in [6.07, 6.45) is 4.37. The van der Waals surface area contributed by atoms with Gasteiger partial charge in [-0.1, -0.05) is 0 Å². The summed E-state index contributed by atoms with van der Waals surface area (Å²) in [7, 11) is 0. The van der Waals surface area contributed by atoms with Crippen LogP contribution in [0.2, 0.25) is 0 Å². The molecule has 3 nitrogen and oxygen atoms in total. The lowest BCUT2D eigenvalue weighted by Gasteiger charge is -2.23. The van der Waals surface area contributed by atoms with Crippen molar-refractivity contribution in [1.82, 2.24) is 10.3 Å². The van der Waals surface area contributed by atoms with E-state index >= 15 is 0 Å². The van der Waals surface area contributed by atoms with Crippen LogP contribution in [0.15, 0.2) is 35.8 Å². The quantitative estimate of drug-likeness (QED) is 0.921. The Morgan fingerprint density at radius 1 is 1.17 bits per heavy atom. The Morgan fingerprint density at radius 3 is 2.61 bits per heavy atom. The van der Waals surface area contributed by atoms with Gasteiger partial charge in [0.1, 0.15) is 16.9 Å². The molecule has 4 heteroatoms. The molecular weight excluding hydrogens is 244 g/mol. The van der Waals surface area contributed by atoms with Crippen LogP contribution in [0.4, 0.5) is 0 Å². The van der Waals surface area contributed by atoms with Gasteiger partial charge >= 0.3 is 0 Å². The molecule has 0 aliphatic carbocycles. The minimum atomic E-state index is 0.358. The maximum absolute atomic E-state index is 5.97. The zero-order valence-corrected chi connectivity index (χ0v) is 11.0. The summed E-state index contributed by atoms with van der Waals surface area (Å²) in [4.78, 5) is 4.30.